The molecule has 1 aliphatic rings. The molecule has 1 aliphatic heterocycles. The molecule has 7 nitrogen and oxygen atoms in total. The van der Waals surface area contributed by atoms with Gasteiger partial charge in [0.1, 0.15) is 0 Å². The summed E-state index contributed by atoms with van der Waals surface area (Å²) in [6.07, 6.45) is -0.683. The predicted molar refractivity (Wildman–Crippen MR) is 113 cm³/mol. The Bertz CT molecular complexity index is 979. The van der Waals surface area contributed by atoms with Gasteiger partial charge in [0.15, 0.2) is 5.82 Å². The van der Waals surface area contributed by atoms with Gasteiger partial charge in [0.25, 0.3) is 0 Å². The monoisotopic (exact) mass is 434 g/mol. The van der Waals surface area contributed by atoms with Gasteiger partial charge in [0.05, 0.1) is 17.0 Å². The third-order valence-electron chi connectivity index (χ3n) is 5.05. The lowest BCUT2D eigenvalue weighted by atomic mass is 10.2. The zero-order valence-electron chi connectivity index (χ0n) is 15.9. The molecule has 1 atom stereocenters. The van der Waals surface area contributed by atoms with E-state index in [1.807, 2.05) is 36.4 Å². The average Bonchev–Trinajstić information content (AvgIpc) is 3.29. The standard InChI is InChI=1S/C20H23ClN4O3S/c21-18-7-6-17(29-18)14-24-10-8-23(9-11-24)12-16(26)13-25-19(22-28-20(25)27)15-4-2-1-3-5-15/h1-7,16,26H,8-14H2. The van der Waals surface area contributed by atoms with E-state index < -0.39 is 11.9 Å². The molecule has 2 aromatic heterocycles. The van der Waals surface area contributed by atoms with Crippen LogP contribution in [-0.2, 0) is 13.1 Å². The molecular weight excluding hydrogens is 412 g/mol. The van der Waals surface area contributed by atoms with Gasteiger partial charge >= 0.3 is 5.76 Å². The van der Waals surface area contributed by atoms with Crippen LogP contribution in [0.5, 0.6) is 0 Å². The Morgan fingerprint density at radius 2 is 1.79 bits per heavy atom. The molecule has 29 heavy (non-hydrogen) atoms. The van der Waals surface area contributed by atoms with Crippen molar-refractivity contribution in [2.45, 2.75) is 19.2 Å². The molecule has 154 valence electrons. The Morgan fingerprint density at radius 3 is 2.48 bits per heavy atom. The van der Waals surface area contributed by atoms with Crippen LogP contribution in [0.3, 0.4) is 0 Å². The normalized spacial score (nSPS) is 16.9. The number of halogens is 1. The molecule has 4 rings (SSSR count). The first-order valence-electron chi connectivity index (χ1n) is 9.57. The summed E-state index contributed by atoms with van der Waals surface area (Å²) in [6, 6.07) is 13.4. The number of benzene rings is 1. The largest absolute Gasteiger partial charge is 0.441 e. The number of thiophene rings is 1. The van der Waals surface area contributed by atoms with Crippen LogP contribution in [0.4, 0.5) is 0 Å². The smallest absolute Gasteiger partial charge is 0.390 e. The predicted octanol–water partition coefficient (Wildman–Crippen LogP) is 2.40. The third kappa shape index (κ3) is 5.15. The molecule has 0 amide bonds. The summed E-state index contributed by atoms with van der Waals surface area (Å²) in [5.74, 6) is -0.114. The van der Waals surface area contributed by atoms with E-state index in [-0.39, 0.29) is 6.54 Å². The third-order valence-corrected chi connectivity index (χ3v) is 6.27. The van der Waals surface area contributed by atoms with Crippen LogP contribution in [0.1, 0.15) is 4.88 Å². The van der Waals surface area contributed by atoms with E-state index in [9.17, 15) is 9.90 Å². The molecule has 3 heterocycles. The van der Waals surface area contributed by atoms with Crippen LogP contribution in [0.25, 0.3) is 11.4 Å². The Hall–Kier alpha value is -1.97. The number of rotatable bonds is 7. The van der Waals surface area contributed by atoms with Crippen molar-refractivity contribution in [2.75, 3.05) is 32.7 Å². The summed E-state index contributed by atoms with van der Waals surface area (Å²) >= 11 is 7.63. The second kappa shape index (κ2) is 9.23. The Labute approximate surface area is 177 Å². The zero-order chi connectivity index (χ0) is 20.2. The molecule has 3 aromatic rings. The number of β-amino-alcohol motifs (C(OH)–C–C–N with tert-alkyl or cyclic N) is 1. The van der Waals surface area contributed by atoms with Gasteiger partial charge in [-0.2, -0.15) is 0 Å². The van der Waals surface area contributed by atoms with Gasteiger partial charge < -0.3 is 5.11 Å². The number of aliphatic hydroxyl groups is 1. The minimum Gasteiger partial charge on any atom is -0.390 e. The second-order valence-electron chi connectivity index (χ2n) is 7.19. The van der Waals surface area contributed by atoms with E-state index in [0.717, 1.165) is 42.6 Å². The molecule has 1 saturated heterocycles. The summed E-state index contributed by atoms with van der Waals surface area (Å²) in [4.78, 5) is 17.9. The average molecular weight is 435 g/mol. The first kappa shape index (κ1) is 20.3. The van der Waals surface area contributed by atoms with Gasteiger partial charge in [0.2, 0.25) is 0 Å². The highest BCUT2D eigenvalue weighted by atomic mass is 35.5. The van der Waals surface area contributed by atoms with E-state index >= 15 is 0 Å². The van der Waals surface area contributed by atoms with Gasteiger partial charge in [-0.15, -0.1) is 11.3 Å². The van der Waals surface area contributed by atoms with Crippen molar-refractivity contribution in [1.29, 1.82) is 0 Å². The van der Waals surface area contributed by atoms with E-state index in [1.165, 1.54) is 9.44 Å². The number of hydrogen-bond donors (Lipinski definition) is 1. The summed E-state index contributed by atoms with van der Waals surface area (Å²) in [7, 11) is 0. The fraction of sp³-hybridized carbons (Fsp3) is 0.400. The van der Waals surface area contributed by atoms with Crippen molar-refractivity contribution in [2.24, 2.45) is 0 Å². The molecule has 0 aliphatic carbocycles. The van der Waals surface area contributed by atoms with Crippen molar-refractivity contribution >= 4 is 22.9 Å². The highest BCUT2D eigenvalue weighted by Gasteiger charge is 2.22. The lowest BCUT2D eigenvalue weighted by molar-refractivity contribution is 0.0618. The Balaban J connectivity index is 1.30. The molecule has 1 N–H and O–H groups in total. The van der Waals surface area contributed by atoms with Crippen LogP contribution >= 0.6 is 22.9 Å². The molecule has 0 bridgehead atoms. The van der Waals surface area contributed by atoms with Crippen LogP contribution in [0.15, 0.2) is 51.8 Å². The van der Waals surface area contributed by atoms with E-state index in [1.54, 1.807) is 11.3 Å². The van der Waals surface area contributed by atoms with Crippen LogP contribution in [0, 0.1) is 0 Å². The summed E-state index contributed by atoms with van der Waals surface area (Å²) in [5.41, 5.74) is 0.785. The maximum Gasteiger partial charge on any atom is 0.441 e. The lowest BCUT2D eigenvalue weighted by Crippen LogP contribution is -2.48. The lowest BCUT2D eigenvalue weighted by Gasteiger charge is -2.35. The quantitative estimate of drug-likeness (QED) is 0.615. The van der Waals surface area contributed by atoms with E-state index in [2.05, 4.69) is 21.0 Å². The number of aliphatic hydroxyl groups excluding tert-OH is 1. The van der Waals surface area contributed by atoms with Gasteiger partial charge in [-0.05, 0) is 12.1 Å². The first-order chi connectivity index (χ1) is 14.1. The minimum atomic E-state index is -0.683. The van der Waals surface area contributed by atoms with Crippen LogP contribution < -0.4 is 5.76 Å². The highest BCUT2D eigenvalue weighted by Crippen LogP contribution is 2.23. The van der Waals surface area contributed by atoms with Gasteiger partial charge in [-0.25, -0.2) is 4.79 Å². The molecule has 0 radical (unpaired) electrons. The minimum absolute atomic E-state index is 0.153. The van der Waals surface area contributed by atoms with Crippen molar-refractivity contribution in [3.63, 3.8) is 0 Å². The van der Waals surface area contributed by atoms with Crippen molar-refractivity contribution in [3.05, 3.63) is 62.2 Å². The van der Waals surface area contributed by atoms with Crippen molar-refractivity contribution in [1.82, 2.24) is 19.5 Å². The van der Waals surface area contributed by atoms with Crippen LogP contribution in [0.2, 0.25) is 4.34 Å². The molecule has 1 fully saturated rings. The highest BCUT2D eigenvalue weighted by molar-refractivity contribution is 7.16. The summed E-state index contributed by atoms with van der Waals surface area (Å²) in [6.45, 7) is 5.19. The summed E-state index contributed by atoms with van der Waals surface area (Å²) in [5, 5.41) is 14.4. The molecule has 1 unspecified atom stereocenters. The van der Waals surface area contributed by atoms with E-state index in [0.29, 0.717) is 12.4 Å². The van der Waals surface area contributed by atoms with Gasteiger partial charge in [-0.1, -0.05) is 47.1 Å². The number of hydrogen-bond acceptors (Lipinski definition) is 7. The number of piperazine rings is 1. The number of aromatic nitrogens is 2. The van der Waals surface area contributed by atoms with Crippen molar-refractivity contribution in [3.8, 4) is 11.4 Å². The first-order valence-corrected chi connectivity index (χ1v) is 10.8. The molecular formula is C20H23ClN4O3S. The van der Waals surface area contributed by atoms with E-state index in [4.69, 9.17) is 16.1 Å². The SMILES string of the molecule is O=c1onc(-c2ccccc2)n1CC(O)CN1CCN(Cc2ccc(Cl)s2)CC1. The van der Waals surface area contributed by atoms with Crippen molar-refractivity contribution < 1.29 is 9.63 Å². The van der Waals surface area contributed by atoms with Gasteiger partial charge in [0, 0.05) is 49.7 Å². The Morgan fingerprint density at radius 1 is 1.07 bits per heavy atom. The summed E-state index contributed by atoms with van der Waals surface area (Å²) < 4.78 is 7.05. The second-order valence-corrected chi connectivity index (χ2v) is 8.98. The molecule has 0 spiro atoms. The topological polar surface area (TPSA) is 74.7 Å². The Kier molecular flexibility index (Phi) is 6.46. The fourth-order valence-corrected chi connectivity index (χ4v) is 4.71. The van der Waals surface area contributed by atoms with Gasteiger partial charge in [-0.3, -0.25) is 18.9 Å². The number of nitrogens with zero attached hydrogens (tertiary/aromatic N) is 4. The maximum absolute atomic E-state index is 12.1. The molecule has 1 aromatic carbocycles. The molecule has 9 heteroatoms. The zero-order valence-corrected chi connectivity index (χ0v) is 17.5. The van der Waals surface area contributed by atoms with Crippen LogP contribution in [-0.4, -0.2) is 63.5 Å². The molecule has 0 saturated carbocycles. The maximum atomic E-state index is 12.1. The fourth-order valence-electron chi connectivity index (χ4n) is 3.58.